The van der Waals surface area contributed by atoms with Gasteiger partial charge in [0.05, 0.1) is 11.2 Å². The average molecular weight is 453 g/mol. The van der Waals surface area contributed by atoms with E-state index in [9.17, 15) is 8.78 Å². The first-order valence-corrected chi connectivity index (χ1v) is 11.8. The van der Waals surface area contributed by atoms with E-state index in [1.165, 1.54) is 0 Å². The van der Waals surface area contributed by atoms with Gasteiger partial charge in [0.1, 0.15) is 18.3 Å². The number of alkyl halides is 1. The van der Waals surface area contributed by atoms with Crippen molar-refractivity contribution in [3.05, 3.63) is 42.7 Å². The van der Waals surface area contributed by atoms with Gasteiger partial charge in [0.15, 0.2) is 0 Å². The minimum absolute atomic E-state index is 0.352. The molecule has 2 N–H and O–H groups in total. The zero-order valence-electron chi connectivity index (χ0n) is 18.9. The fraction of sp³-hybridized carbons (Fsp3) is 0.480. The van der Waals surface area contributed by atoms with Crippen LogP contribution in [-0.2, 0) is 0 Å². The van der Waals surface area contributed by atoms with Gasteiger partial charge in [0, 0.05) is 49.4 Å². The Hall–Kier alpha value is -2.87. The summed E-state index contributed by atoms with van der Waals surface area (Å²) in [5.74, 6) is 0.310. The standard InChI is InChI=1S/C25H30F2N6/c1-28-23-13-17(14-29-24(23)27)16-2-7-22-21(12-16)25(31-15-30-22)32-19-3-5-20(6-4-19)33-10-8-18(26)9-11-33/h2,7,12-15,18-20,28H,3-6,8-11H2,1H3,(H,30,31,32)/t19-,20-. The van der Waals surface area contributed by atoms with Crippen molar-refractivity contribution in [3.8, 4) is 11.1 Å². The molecule has 1 saturated carbocycles. The van der Waals surface area contributed by atoms with Crippen LogP contribution in [0.5, 0.6) is 0 Å². The highest BCUT2D eigenvalue weighted by atomic mass is 19.1. The van der Waals surface area contributed by atoms with Crippen LogP contribution in [0.4, 0.5) is 20.3 Å². The molecule has 1 aromatic carbocycles. The summed E-state index contributed by atoms with van der Waals surface area (Å²) in [5, 5.41) is 7.43. The van der Waals surface area contributed by atoms with Crippen molar-refractivity contribution in [1.29, 1.82) is 0 Å². The maximum absolute atomic E-state index is 13.8. The van der Waals surface area contributed by atoms with E-state index in [0.29, 0.717) is 30.6 Å². The highest BCUT2D eigenvalue weighted by molar-refractivity contribution is 5.92. The third-order valence-electron chi connectivity index (χ3n) is 7.09. The van der Waals surface area contributed by atoms with Crippen molar-refractivity contribution >= 4 is 22.4 Å². The Labute approximate surface area is 192 Å². The van der Waals surface area contributed by atoms with Gasteiger partial charge in [0.25, 0.3) is 0 Å². The Balaban J connectivity index is 1.31. The monoisotopic (exact) mass is 452 g/mol. The molecule has 5 rings (SSSR count). The number of halogens is 2. The van der Waals surface area contributed by atoms with E-state index in [1.807, 2.05) is 18.2 Å². The highest BCUT2D eigenvalue weighted by Gasteiger charge is 2.29. The Morgan fingerprint density at radius 2 is 1.73 bits per heavy atom. The van der Waals surface area contributed by atoms with Gasteiger partial charge in [0.2, 0.25) is 5.95 Å². The summed E-state index contributed by atoms with van der Waals surface area (Å²) in [6.45, 7) is 1.77. The average Bonchev–Trinajstić information content (AvgIpc) is 2.85. The van der Waals surface area contributed by atoms with E-state index in [2.05, 4.69) is 30.5 Å². The molecule has 2 aliphatic rings. The van der Waals surface area contributed by atoms with Crippen LogP contribution in [-0.4, -0.2) is 58.2 Å². The number of pyridine rings is 1. The van der Waals surface area contributed by atoms with Crippen LogP contribution < -0.4 is 10.6 Å². The van der Waals surface area contributed by atoms with E-state index < -0.39 is 12.1 Å². The summed E-state index contributed by atoms with van der Waals surface area (Å²) in [6, 6.07) is 8.65. The smallest absolute Gasteiger partial charge is 0.236 e. The Bertz CT molecular complexity index is 1110. The number of fused-ring (bicyclic) bond motifs is 1. The van der Waals surface area contributed by atoms with E-state index in [-0.39, 0.29) is 0 Å². The van der Waals surface area contributed by atoms with Gasteiger partial charge in [-0.3, -0.25) is 0 Å². The first-order chi connectivity index (χ1) is 16.1. The summed E-state index contributed by atoms with van der Waals surface area (Å²) >= 11 is 0. The molecule has 0 bridgehead atoms. The predicted octanol–water partition coefficient (Wildman–Crippen LogP) is 5.03. The van der Waals surface area contributed by atoms with Crippen molar-refractivity contribution in [2.75, 3.05) is 30.8 Å². The number of nitrogens with one attached hydrogen (secondary N) is 2. The molecule has 0 amide bonds. The van der Waals surface area contributed by atoms with E-state index in [4.69, 9.17) is 0 Å². The summed E-state index contributed by atoms with van der Waals surface area (Å²) in [5.41, 5.74) is 2.99. The Morgan fingerprint density at radius 1 is 0.939 bits per heavy atom. The second-order valence-electron chi connectivity index (χ2n) is 9.13. The van der Waals surface area contributed by atoms with Gasteiger partial charge < -0.3 is 15.5 Å². The SMILES string of the molecule is CNc1cc(-c2ccc3ncnc(N[C@H]4CC[C@H](N5CCC(F)CC5)CC4)c3c2)cnc1F. The lowest BCUT2D eigenvalue weighted by molar-refractivity contribution is 0.0895. The number of rotatable bonds is 5. The van der Waals surface area contributed by atoms with E-state index in [0.717, 1.165) is 66.6 Å². The molecule has 0 unspecified atom stereocenters. The van der Waals surface area contributed by atoms with Crippen LogP contribution in [0.1, 0.15) is 38.5 Å². The second kappa shape index (κ2) is 9.55. The fourth-order valence-electron chi connectivity index (χ4n) is 5.14. The minimum Gasteiger partial charge on any atom is -0.384 e. The van der Waals surface area contributed by atoms with Gasteiger partial charge in [-0.15, -0.1) is 0 Å². The second-order valence-corrected chi connectivity index (χ2v) is 9.13. The minimum atomic E-state index is -0.620. The fourth-order valence-corrected chi connectivity index (χ4v) is 5.14. The molecule has 1 saturated heterocycles. The predicted molar refractivity (Wildman–Crippen MR) is 128 cm³/mol. The van der Waals surface area contributed by atoms with Crippen LogP contribution in [0.15, 0.2) is 36.8 Å². The molecule has 0 atom stereocenters. The third-order valence-corrected chi connectivity index (χ3v) is 7.09. The van der Waals surface area contributed by atoms with Crippen LogP contribution in [0, 0.1) is 5.95 Å². The molecule has 2 aromatic heterocycles. The maximum atomic E-state index is 13.8. The first kappa shape index (κ1) is 21.9. The number of nitrogens with zero attached hydrogens (tertiary/aromatic N) is 4. The Morgan fingerprint density at radius 3 is 2.48 bits per heavy atom. The third kappa shape index (κ3) is 4.76. The molecule has 33 heavy (non-hydrogen) atoms. The molecule has 1 aliphatic carbocycles. The van der Waals surface area contributed by atoms with E-state index >= 15 is 0 Å². The van der Waals surface area contributed by atoms with Crippen molar-refractivity contribution < 1.29 is 8.78 Å². The summed E-state index contributed by atoms with van der Waals surface area (Å²) < 4.78 is 27.3. The van der Waals surface area contributed by atoms with Crippen molar-refractivity contribution in [2.45, 2.75) is 56.8 Å². The van der Waals surface area contributed by atoms with Crippen molar-refractivity contribution in [2.24, 2.45) is 0 Å². The number of aromatic nitrogens is 3. The van der Waals surface area contributed by atoms with Gasteiger partial charge in [-0.1, -0.05) is 6.07 Å². The van der Waals surface area contributed by atoms with Gasteiger partial charge in [-0.2, -0.15) is 4.39 Å². The topological polar surface area (TPSA) is 66.0 Å². The largest absolute Gasteiger partial charge is 0.384 e. The molecule has 3 heterocycles. The summed E-state index contributed by atoms with van der Waals surface area (Å²) in [6.07, 6.45) is 8.24. The molecule has 0 radical (unpaired) electrons. The number of hydrogen-bond acceptors (Lipinski definition) is 6. The van der Waals surface area contributed by atoms with Gasteiger partial charge >= 0.3 is 0 Å². The van der Waals surface area contributed by atoms with Crippen LogP contribution in [0.25, 0.3) is 22.0 Å². The lowest BCUT2D eigenvalue weighted by Crippen LogP contribution is -2.45. The number of piperidine rings is 1. The number of anilines is 2. The van der Waals surface area contributed by atoms with E-state index in [1.54, 1.807) is 25.6 Å². The van der Waals surface area contributed by atoms with Crippen molar-refractivity contribution in [1.82, 2.24) is 19.9 Å². The molecule has 0 spiro atoms. The van der Waals surface area contributed by atoms with Crippen LogP contribution >= 0.6 is 0 Å². The normalized spacial score (nSPS) is 22.4. The van der Waals surface area contributed by atoms with Crippen LogP contribution in [0.3, 0.4) is 0 Å². The molecular formula is C25H30F2N6. The van der Waals surface area contributed by atoms with Crippen LogP contribution in [0.2, 0.25) is 0 Å². The van der Waals surface area contributed by atoms with Gasteiger partial charge in [-0.05, 0) is 62.3 Å². The molecule has 3 aromatic rings. The van der Waals surface area contributed by atoms with Gasteiger partial charge in [-0.25, -0.2) is 19.3 Å². The molecule has 174 valence electrons. The highest BCUT2D eigenvalue weighted by Crippen LogP contribution is 2.31. The lowest BCUT2D eigenvalue weighted by Gasteiger charge is -2.39. The molecule has 2 fully saturated rings. The quantitative estimate of drug-likeness (QED) is 0.530. The first-order valence-electron chi connectivity index (χ1n) is 11.8. The summed E-state index contributed by atoms with van der Waals surface area (Å²) in [7, 11) is 1.68. The number of benzene rings is 1. The summed E-state index contributed by atoms with van der Waals surface area (Å²) in [4.78, 5) is 15.3. The van der Waals surface area contributed by atoms with Crippen molar-refractivity contribution in [3.63, 3.8) is 0 Å². The molecule has 8 heteroatoms. The Kier molecular flexibility index (Phi) is 6.35. The molecule has 1 aliphatic heterocycles. The number of hydrogen-bond donors (Lipinski definition) is 2. The zero-order chi connectivity index (χ0) is 22.8. The zero-order valence-corrected chi connectivity index (χ0v) is 18.9. The molecular weight excluding hydrogens is 422 g/mol. The lowest BCUT2D eigenvalue weighted by atomic mass is 9.89. The molecule has 6 nitrogen and oxygen atoms in total. The maximum Gasteiger partial charge on any atom is 0.236 e. The number of likely N-dealkylation sites (tertiary alicyclic amines) is 1.